The number of amides is 1. The molecule has 0 radical (unpaired) electrons. The van der Waals surface area contributed by atoms with Crippen molar-refractivity contribution in [3.05, 3.63) is 12.2 Å². The Balaban J connectivity index is 3.63. The summed E-state index contributed by atoms with van der Waals surface area (Å²) >= 11 is 0. The second kappa shape index (κ2) is 37.9. The van der Waals surface area contributed by atoms with Crippen molar-refractivity contribution < 1.29 is 20.1 Å². The molecule has 0 rings (SSSR count). The summed E-state index contributed by atoms with van der Waals surface area (Å²) in [4.78, 5) is 12.4. The Hall–Kier alpha value is -0.910. The number of rotatable bonds is 38. The maximum atomic E-state index is 12.4. The first-order chi connectivity index (χ1) is 23.1. The van der Waals surface area contributed by atoms with Gasteiger partial charge in [0.25, 0.3) is 0 Å². The predicted molar refractivity (Wildman–Crippen MR) is 204 cm³/mol. The number of aliphatic hydroxyl groups excluding tert-OH is 3. The van der Waals surface area contributed by atoms with Gasteiger partial charge in [0.2, 0.25) is 5.91 Å². The molecule has 5 heteroatoms. The molecular weight excluding hydrogens is 582 g/mol. The van der Waals surface area contributed by atoms with E-state index in [9.17, 15) is 20.1 Å². The van der Waals surface area contributed by atoms with Crippen LogP contribution in [0, 0.1) is 0 Å². The number of nitrogens with one attached hydrogen (secondary N) is 1. The molecule has 5 nitrogen and oxygen atoms in total. The smallest absolute Gasteiger partial charge is 0.249 e. The molecule has 0 bridgehead atoms. The first kappa shape index (κ1) is 46.1. The second-order valence-corrected chi connectivity index (χ2v) is 14.6. The zero-order chi connectivity index (χ0) is 34.5. The molecule has 0 saturated heterocycles. The topological polar surface area (TPSA) is 89.8 Å². The Morgan fingerprint density at radius 1 is 0.511 bits per heavy atom. The third kappa shape index (κ3) is 33.4. The van der Waals surface area contributed by atoms with Gasteiger partial charge in [-0.1, -0.05) is 219 Å². The first-order valence-electron chi connectivity index (χ1n) is 21.0. The van der Waals surface area contributed by atoms with Crippen molar-refractivity contribution in [2.75, 3.05) is 6.61 Å². The number of hydrogen-bond donors (Lipinski definition) is 4. The molecule has 0 spiro atoms. The summed E-state index contributed by atoms with van der Waals surface area (Å²) in [6.07, 6.45) is 43.8. The van der Waals surface area contributed by atoms with Crippen LogP contribution in [-0.2, 0) is 4.79 Å². The Labute approximate surface area is 293 Å². The lowest BCUT2D eigenvalue weighted by molar-refractivity contribution is -0.131. The van der Waals surface area contributed by atoms with Gasteiger partial charge in [-0.15, -0.1) is 0 Å². The van der Waals surface area contributed by atoms with Gasteiger partial charge >= 0.3 is 0 Å². The summed E-state index contributed by atoms with van der Waals surface area (Å²) in [5.41, 5.74) is 0. The number of aliphatic hydroxyl groups is 3. The number of carbonyl (C=O) groups is 1. The lowest BCUT2D eigenvalue weighted by Gasteiger charge is -2.21. The monoisotopic (exact) mass is 666 g/mol. The summed E-state index contributed by atoms with van der Waals surface area (Å²) < 4.78 is 0. The van der Waals surface area contributed by atoms with Crippen LogP contribution >= 0.6 is 0 Å². The van der Waals surface area contributed by atoms with Crippen molar-refractivity contribution in [3.63, 3.8) is 0 Å². The van der Waals surface area contributed by atoms with Gasteiger partial charge in [0.05, 0.1) is 18.8 Å². The minimum absolute atomic E-state index is 0.359. The van der Waals surface area contributed by atoms with E-state index in [1.54, 1.807) is 6.08 Å². The normalized spacial score (nSPS) is 13.7. The van der Waals surface area contributed by atoms with Gasteiger partial charge in [-0.05, 0) is 19.3 Å². The van der Waals surface area contributed by atoms with Gasteiger partial charge < -0.3 is 20.6 Å². The highest BCUT2D eigenvalue weighted by molar-refractivity contribution is 5.80. The fourth-order valence-electron chi connectivity index (χ4n) is 6.54. The van der Waals surface area contributed by atoms with Crippen LogP contribution in [-0.4, -0.2) is 46.1 Å². The molecule has 0 aromatic rings. The van der Waals surface area contributed by atoms with Crippen LogP contribution in [0.15, 0.2) is 12.2 Å². The van der Waals surface area contributed by atoms with E-state index >= 15 is 0 Å². The standard InChI is InChI=1S/C42H83NO4/c1-3-5-7-9-11-13-15-17-18-19-20-21-22-23-25-27-29-31-33-35-37-41(46)42(47)43-39(38-44)40(45)36-34-32-30-28-26-24-16-14-12-10-8-6-4-2/h34,36,39-41,44-46H,3-33,35,37-38H2,1-2H3,(H,43,47). The van der Waals surface area contributed by atoms with Crippen molar-refractivity contribution in [1.82, 2.24) is 5.32 Å². The molecule has 0 aromatic carbocycles. The molecule has 0 aromatic heterocycles. The summed E-state index contributed by atoms with van der Waals surface area (Å²) in [6, 6.07) is -0.791. The molecule has 0 aliphatic heterocycles. The molecule has 0 aliphatic carbocycles. The fourth-order valence-corrected chi connectivity index (χ4v) is 6.54. The van der Waals surface area contributed by atoms with Gasteiger partial charge in [-0.3, -0.25) is 4.79 Å². The molecule has 4 N–H and O–H groups in total. The number of hydrogen-bond acceptors (Lipinski definition) is 4. The van der Waals surface area contributed by atoms with E-state index in [1.807, 2.05) is 6.08 Å². The molecule has 0 saturated carbocycles. The molecule has 280 valence electrons. The Kier molecular flexibility index (Phi) is 37.2. The third-order valence-corrected chi connectivity index (χ3v) is 9.88. The minimum Gasteiger partial charge on any atom is -0.394 e. The Morgan fingerprint density at radius 2 is 0.830 bits per heavy atom. The van der Waals surface area contributed by atoms with E-state index < -0.39 is 24.2 Å². The van der Waals surface area contributed by atoms with E-state index in [2.05, 4.69) is 19.2 Å². The lowest BCUT2D eigenvalue weighted by Crippen LogP contribution is -2.48. The zero-order valence-corrected chi connectivity index (χ0v) is 31.7. The molecular formula is C42H83NO4. The molecule has 1 amide bonds. The van der Waals surface area contributed by atoms with Crippen molar-refractivity contribution in [1.29, 1.82) is 0 Å². The molecule has 0 aliphatic rings. The van der Waals surface area contributed by atoms with Crippen molar-refractivity contribution in [2.24, 2.45) is 0 Å². The van der Waals surface area contributed by atoms with E-state index in [0.29, 0.717) is 6.42 Å². The molecule has 0 fully saturated rings. The van der Waals surface area contributed by atoms with Crippen LogP contribution in [0.3, 0.4) is 0 Å². The predicted octanol–water partition coefficient (Wildman–Crippen LogP) is 11.7. The van der Waals surface area contributed by atoms with Crippen molar-refractivity contribution >= 4 is 5.91 Å². The van der Waals surface area contributed by atoms with E-state index in [-0.39, 0.29) is 6.61 Å². The van der Waals surface area contributed by atoms with Gasteiger partial charge in [0.1, 0.15) is 6.10 Å². The van der Waals surface area contributed by atoms with Gasteiger partial charge in [-0.25, -0.2) is 0 Å². The fraction of sp³-hybridized carbons (Fsp3) is 0.929. The summed E-state index contributed by atoms with van der Waals surface area (Å²) in [5.74, 6) is -0.500. The maximum absolute atomic E-state index is 12.4. The minimum atomic E-state index is -1.09. The highest BCUT2D eigenvalue weighted by Gasteiger charge is 2.22. The van der Waals surface area contributed by atoms with Gasteiger partial charge in [-0.2, -0.15) is 0 Å². The average Bonchev–Trinajstić information content (AvgIpc) is 3.07. The average molecular weight is 666 g/mol. The molecule has 3 unspecified atom stereocenters. The van der Waals surface area contributed by atoms with Crippen LogP contribution in [0.1, 0.15) is 226 Å². The van der Waals surface area contributed by atoms with Crippen LogP contribution in [0.5, 0.6) is 0 Å². The second-order valence-electron chi connectivity index (χ2n) is 14.6. The summed E-state index contributed by atoms with van der Waals surface area (Å²) in [6.45, 7) is 4.18. The first-order valence-corrected chi connectivity index (χ1v) is 21.0. The quantitative estimate of drug-likeness (QED) is 0.0390. The number of allylic oxidation sites excluding steroid dienone is 1. The van der Waals surface area contributed by atoms with Gasteiger partial charge in [0, 0.05) is 0 Å². The molecule has 3 atom stereocenters. The summed E-state index contributed by atoms with van der Waals surface area (Å²) in [7, 11) is 0. The zero-order valence-electron chi connectivity index (χ0n) is 31.7. The highest BCUT2D eigenvalue weighted by atomic mass is 16.3. The van der Waals surface area contributed by atoms with Gasteiger partial charge in [0.15, 0.2) is 0 Å². The SMILES string of the molecule is CCCCCCCCCCCCCC=CC(O)C(CO)NC(=O)C(O)CCCCCCCCCCCCCCCCCCCCCC. The summed E-state index contributed by atoms with van der Waals surface area (Å²) in [5, 5.41) is 33.1. The largest absolute Gasteiger partial charge is 0.394 e. The van der Waals surface area contributed by atoms with Crippen molar-refractivity contribution in [2.45, 2.75) is 244 Å². The number of carbonyl (C=O) groups excluding carboxylic acids is 1. The van der Waals surface area contributed by atoms with E-state index in [4.69, 9.17) is 0 Å². The van der Waals surface area contributed by atoms with Crippen LogP contribution in [0.4, 0.5) is 0 Å². The third-order valence-electron chi connectivity index (χ3n) is 9.88. The molecule has 0 heterocycles. The van der Waals surface area contributed by atoms with Crippen LogP contribution in [0.25, 0.3) is 0 Å². The Morgan fingerprint density at radius 3 is 1.17 bits per heavy atom. The van der Waals surface area contributed by atoms with E-state index in [0.717, 1.165) is 32.1 Å². The highest BCUT2D eigenvalue weighted by Crippen LogP contribution is 2.16. The maximum Gasteiger partial charge on any atom is 0.249 e. The van der Waals surface area contributed by atoms with Crippen molar-refractivity contribution in [3.8, 4) is 0 Å². The number of unbranched alkanes of at least 4 members (excludes halogenated alkanes) is 30. The molecule has 47 heavy (non-hydrogen) atoms. The van der Waals surface area contributed by atoms with E-state index in [1.165, 1.54) is 173 Å². The lowest BCUT2D eigenvalue weighted by atomic mass is 10.0. The van der Waals surface area contributed by atoms with Crippen LogP contribution in [0.2, 0.25) is 0 Å². The Bertz CT molecular complexity index is 655. The van der Waals surface area contributed by atoms with Crippen LogP contribution < -0.4 is 5.32 Å².